The molecule has 1 aromatic carbocycles. The first-order valence-corrected chi connectivity index (χ1v) is 10.2. The molecule has 6 nitrogen and oxygen atoms in total. The number of hydrogen-bond donors (Lipinski definition) is 2. The minimum atomic E-state index is 0.00362. The number of nitrogens with one attached hydrogen (secondary N) is 2. The normalized spacial score (nSPS) is 15.4. The lowest BCUT2D eigenvalue weighted by molar-refractivity contribution is -0.121. The molecule has 1 heterocycles. The minimum absolute atomic E-state index is 0.00362. The molecule has 0 unspecified atom stereocenters. The van der Waals surface area contributed by atoms with E-state index in [-0.39, 0.29) is 5.91 Å². The van der Waals surface area contributed by atoms with E-state index in [1.807, 2.05) is 12.1 Å². The van der Waals surface area contributed by atoms with E-state index < -0.39 is 0 Å². The first kappa shape index (κ1) is 19.8. The number of nitrogens with zero attached hydrogens (tertiary/aromatic N) is 2. The zero-order chi connectivity index (χ0) is 18.9. The standard InChI is InChI=1S/C20H27ClN4O2/c21-16-9-7-15(8-10-16)20-24-19(27-25-20)12-11-18(26)23-14-13-22-17-5-3-1-2-4-6-17/h7-10,17,22H,1-6,11-14H2,(H,23,26). The van der Waals surface area contributed by atoms with Gasteiger partial charge in [-0.2, -0.15) is 4.98 Å². The molecule has 0 saturated heterocycles. The summed E-state index contributed by atoms with van der Waals surface area (Å²) in [7, 11) is 0. The molecule has 1 aliphatic carbocycles. The second-order valence-corrected chi connectivity index (χ2v) is 7.45. The van der Waals surface area contributed by atoms with Crippen molar-refractivity contribution in [1.29, 1.82) is 0 Å². The summed E-state index contributed by atoms with van der Waals surface area (Å²) in [5.74, 6) is 0.977. The molecule has 1 fully saturated rings. The third-order valence-corrected chi connectivity index (χ3v) is 5.12. The molecule has 1 saturated carbocycles. The molecule has 0 atom stereocenters. The van der Waals surface area contributed by atoms with Gasteiger partial charge in [0.2, 0.25) is 17.6 Å². The average Bonchev–Trinajstić information content (AvgIpc) is 3.00. The van der Waals surface area contributed by atoms with Gasteiger partial charge in [-0.25, -0.2) is 0 Å². The Kier molecular flexibility index (Phi) is 7.66. The zero-order valence-corrected chi connectivity index (χ0v) is 16.3. The topological polar surface area (TPSA) is 80.0 Å². The molecule has 0 bridgehead atoms. The highest BCUT2D eigenvalue weighted by atomic mass is 35.5. The van der Waals surface area contributed by atoms with Crippen LogP contribution in [0.1, 0.15) is 50.8 Å². The van der Waals surface area contributed by atoms with Gasteiger partial charge in [0.15, 0.2) is 0 Å². The summed E-state index contributed by atoms with van der Waals surface area (Å²) in [5, 5.41) is 11.1. The Bertz CT molecular complexity index is 709. The van der Waals surface area contributed by atoms with Crippen molar-refractivity contribution in [3.8, 4) is 11.4 Å². The first-order chi connectivity index (χ1) is 13.2. The van der Waals surface area contributed by atoms with Gasteiger partial charge in [-0.3, -0.25) is 4.79 Å². The van der Waals surface area contributed by atoms with E-state index in [0.29, 0.717) is 42.2 Å². The number of aromatic nitrogens is 2. The molecule has 2 N–H and O–H groups in total. The van der Waals surface area contributed by atoms with E-state index in [4.69, 9.17) is 16.1 Å². The Balaban J connectivity index is 1.34. The number of carbonyl (C=O) groups excluding carboxylic acids is 1. The van der Waals surface area contributed by atoms with Crippen molar-refractivity contribution in [3.63, 3.8) is 0 Å². The van der Waals surface area contributed by atoms with Crippen LogP contribution in [0.4, 0.5) is 0 Å². The molecule has 0 radical (unpaired) electrons. The van der Waals surface area contributed by atoms with E-state index in [1.165, 1.54) is 38.5 Å². The number of benzene rings is 1. The lowest BCUT2D eigenvalue weighted by Crippen LogP contribution is -2.36. The van der Waals surface area contributed by atoms with Crippen molar-refractivity contribution in [2.45, 2.75) is 57.4 Å². The maximum Gasteiger partial charge on any atom is 0.227 e. The summed E-state index contributed by atoms with van der Waals surface area (Å²) in [6, 6.07) is 7.84. The molecule has 3 rings (SSSR count). The summed E-state index contributed by atoms with van der Waals surface area (Å²) in [4.78, 5) is 16.3. The van der Waals surface area contributed by atoms with Crippen molar-refractivity contribution in [2.24, 2.45) is 0 Å². The van der Waals surface area contributed by atoms with E-state index in [2.05, 4.69) is 20.8 Å². The van der Waals surface area contributed by atoms with Crippen LogP contribution in [0, 0.1) is 0 Å². The average molecular weight is 391 g/mol. The third kappa shape index (κ3) is 6.63. The van der Waals surface area contributed by atoms with Gasteiger partial charge in [0.05, 0.1) is 0 Å². The smallest absolute Gasteiger partial charge is 0.227 e. The second-order valence-electron chi connectivity index (χ2n) is 7.01. The predicted octanol–water partition coefficient (Wildman–Crippen LogP) is 3.75. The summed E-state index contributed by atoms with van der Waals surface area (Å²) in [6.07, 6.45) is 8.60. The van der Waals surface area contributed by atoms with E-state index in [0.717, 1.165) is 12.1 Å². The van der Waals surface area contributed by atoms with Crippen molar-refractivity contribution in [3.05, 3.63) is 35.2 Å². The maximum atomic E-state index is 12.0. The Morgan fingerprint density at radius 3 is 2.59 bits per heavy atom. The lowest BCUT2D eigenvalue weighted by Gasteiger charge is -2.16. The number of rotatable bonds is 8. The molecule has 1 aliphatic rings. The van der Waals surface area contributed by atoms with Crippen molar-refractivity contribution < 1.29 is 9.32 Å². The summed E-state index contributed by atoms with van der Waals surface area (Å²) < 4.78 is 5.23. The van der Waals surface area contributed by atoms with Crippen molar-refractivity contribution >= 4 is 17.5 Å². The SMILES string of the molecule is O=C(CCc1nc(-c2ccc(Cl)cc2)no1)NCCNC1CCCCCC1. The van der Waals surface area contributed by atoms with Gasteiger partial charge in [-0.15, -0.1) is 0 Å². The summed E-state index contributed by atoms with van der Waals surface area (Å²) in [5.41, 5.74) is 0.837. The molecule has 7 heteroatoms. The maximum absolute atomic E-state index is 12.0. The number of halogens is 1. The highest BCUT2D eigenvalue weighted by Gasteiger charge is 2.12. The highest BCUT2D eigenvalue weighted by molar-refractivity contribution is 6.30. The van der Waals surface area contributed by atoms with Crippen LogP contribution in [-0.2, 0) is 11.2 Å². The molecule has 1 aromatic heterocycles. The number of carbonyl (C=O) groups is 1. The molecule has 1 amide bonds. The molecule has 0 spiro atoms. The molecule has 27 heavy (non-hydrogen) atoms. The summed E-state index contributed by atoms with van der Waals surface area (Å²) in [6.45, 7) is 1.47. The van der Waals surface area contributed by atoms with Gasteiger partial charge < -0.3 is 15.2 Å². The molecular weight excluding hydrogens is 364 g/mol. The fourth-order valence-electron chi connectivity index (χ4n) is 3.34. The quantitative estimate of drug-likeness (QED) is 0.530. The van der Waals surface area contributed by atoms with Gasteiger partial charge in [-0.05, 0) is 37.1 Å². The van der Waals surface area contributed by atoms with Crippen molar-refractivity contribution in [2.75, 3.05) is 13.1 Å². The Hall–Kier alpha value is -1.92. The molecule has 2 aromatic rings. The fraction of sp³-hybridized carbons (Fsp3) is 0.550. The minimum Gasteiger partial charge on any atom is -0.355 e. The van der Waals surface area contributed by atoms with Gasteiger partial charge >= 0.3 is 0 Å². The van der Waals surface area contributed by atoms with Crippen LogP contribution < -0.4 is 10.6 Å². The Labute approximate surface area is 165 Å². The van der Waals surface area contributed by atoms with Gasteiger partial charge in [-0.1, -0.05) is 42.4 Å². The number of amides is 1. The molecule has 0 aliphatic heterocycles. The molecule has 146 valence electrons. The Morgan fingerprint density at radius 1 is 1.11 bits per heavy atom. The van der Waals surface area contributed by atoms with Gasteiger partial charge in [0, 0.05) is 42.6 Å². The third-order valence-electron chi connectivity index (χ3n) is 4.87. The predicted molar refractivity (Wildman–Crippen MR) is 106 cm³/mol. The van der Waals surface area contributed by atoms with Crippen molar-refractivity contribution in [1.82, 2.24) is 20.8 Å². The van der Waals surface area contributed by atoms with Crippen LogP contribution in [0.2, 0.25) is 5.02 Å². The molecular formula is C20H27ClN4O2. The van der Waals surface area contributed by atoms with E-state index in [9.17, 15) is 4.79 Å². The van der Waals surface area contributed by atoms with Gasteiger partial charge in [0.25, 0.3) is 0 Å². The number of hydrogen-bond acceptors (Lipinski definition) is 5. The fourth-order valence-corrected chi connectivity index (χ4v) is 3.47. The van der Waals surface area contributed by atoms with Crippen LogP contribution in [0.5, 0.6) is 0 Å². The monoisotopic (exact) mass is 390 g/mol. The first-order valence-electron chi connectivity index (χ1n) is 9.79. The van der Waals surface area contributed by atoms with Crippen LogP contribution in [0.3, 0.4) is 0 Å². The lowest BCUT2D eigenvalue weighted by atomic mass is 10.1. The van der Waals surface area contributed by atoms with Crippen LogP contribution in [-0.4, -0.2) is 35.2 Å². The zero-order valence-electron chi connectivity index (χ0n) is 15.5. The highest BCUT2D eigenvalue weighted by Crippen LogP contribution is 2.19. The van der Waals surface area contributed by atoms with Crippen LogP contribution in [0.15, 0.2) is 28.8 Å². The largest absolute Gasteiger partial charge is 0.355 e. The van der Waals surface area contributed by atoms with E-state index >= 15 is 0 Å². The van der Waals surface area contributed by atoms with E-state index in [1.54, 1.807) is 12.1 Å². The van der Waals surface area contributed by atoms with Crippen LogP contribution in [0.25, 0.3) is 11.4 Å². The number of aryl methyl sites for hydroxylation is 1. The van der Waals surface area contributed by atoms with Gasteiger partial charge in [0.1, 0.15) is 0 Å². The Morgan fingerprint density at radius 2 is 1.85 bits per heavy atom. The second kappa shape index (κ2) is 10.4. The van der Waals surface area contributed by atoms with Crippen LogP contribution >= 0.6 is 11.6 Å². The summed E-state index contributed by atoms with van der Waals surface area (Å²) >= 11 is 5.88.